The van der Waals surface area contributed by atoms with Crippen molar-refractivity contribution in [3.63, 3.8) is 0 Å². The van der Waals surface area contributed by atoms with E-state index in [9.17, 15) is 4.79 Å². The highest BCUT2D eigenvalue weighted by molar-refractivity contribution is 7.13. The van der Waals surface area contributed by atoms with Crippen molar-refractivity contribution < 1.29 is 4.79 Å². The first-order chi connectivity index (χ1) is 10.2. The molecule has 5 heteroatoms. The summed E-state index contributed by atoms with van der Waals surface area (Å²) in [6.07, 6.45) is 1.84. The molecule has 2 heterocycles. The molecule has 4 nitrogen and oxygen atoms in total. The summed E-state index contributed by atoms with van der Waals surface area (Å²) >= 11 is 1.67. The van der Waals surface area contributed by atoms with Crippen LogP contribution in [0.5, 0.6) is 0 Å². The number of carbonyl (C=O) groups is 1. The van der Waals surface area contributed by atoms with E-state index in [0.717, 1.165) is 36.9 Å². The molecule has 1 saturated heterocycles. The summed E-state index contributed by atoms with van der Waals surface area (Å²) in [5.41, 5.74) is 1.99. The van der Waals surface area contributed by atoms with Crippen molar-refractivity contribution in [3.05, 3.63) is 47.0 Å². The third kappa shape index (κ3) is 3.49. The highest BCUT2D eigenvalue weighted by atomic mass is 32.1. The molecule has 0 saturated carbocycles. The van der Waals surface area contributed by atoms with Crippen LogP contribution in [0.1, 0.15) is 15.9 Å². The molecule has 2 aromatic rings. The van der Waals surface area contributed by atoms with Gasteiger partial charge in [-0.05, 0) is 6.92 Å². The molecule has 0 N–H and O–H groups in total. The number of thiazole rings is 1. The minimum atomic E-state index is 0.206. The number of anilines is 1. The van der Waals surface area contributed by atoms with Crippen molar-refractivity contribution in [1.29, 1.82) is 0 Å². The van der Waals surface area contributed by atoms with Gasteiger partial charge in [0.15, 0.2) is 10.9 Å². The smallest absolute Gasteiger partial charge is 0.185 e. The van der Waals surface area contributed by atoms with Crippen LogP contribution in [0.2, 0.25) is 0 Å². The number of aryl methyl sites for hydroxylation is 1. The predicted octanol–water partition coefficient (Wildman–Crippen LogP) is 2.46. The van der Waals surface area contributed by atoms with Crippen LogP contribution in [-0.4, -0.2) is 48.4 Å². The van der Waals surface area contributed by atoms with Crippen LogP contribution < -0.4 is 4.90 Å². The van der Waals surface area contributed by atoms with Crippen LogP contribution in [0.4, 0.5) is 5.13 Å². The van der Waals surface area contributed by atoms with E-state index in [4.69, 9.17) is 0 Å². The van der Waals surface area contributed by atoms with Crippen LogP contribution in [0.3, 0.4) is 0 Å². The van der Waals surface area contributed by atoms with Crippen LogP contribution in [0.25, 0.3) is 0 Å². The summed E-state index contributed by atoms with van der Waals surface area (Å²) in [5.74, 6) is 0.206. The SMILES string of the molecule is Cc1ccc(C(=O)CN2CCN(c3nccs3)CC2)cc1. The quantitative estimate of drug-likeness (QED) is 0.813. The molecule has 1 fully saturated rings. The summed E-state index contributed by atoms with van der Waals surface area (Å²) in [6, 6.07) is 7.83. The van der Waals surface area contributed by atoms with E-state index < -0.39 is 0 Å². The Kier molecular flexibility index (Phi) is 4.31. The number of Topliss-reactive ketones (excluding diaryl/α,β-unsaturated/α-hetero) is 1. The first kappa shape index (κ1) is 14.2. The molecule has 0 atom stereocenters. The summed E-state index contributed by atoms with van der Waals surface area (Å²) in [4.78, 5) is 21.1. The number of ketones is 1. The second kappa shape index (κ2) is 6.37. The second-order valence-electron chi connectivity index (χ2n) is 5.37. The third-order valence-corrected chi connectivity index (χ3v) is 4.64. The number of carbonyl (C=O) groups excluding carboxylic acids is 1. The van der Waals surface area contributed by atoms with Gasteiger partial charge >= 0.3 is 0 Å². The number of hydrogen-bond acceptors (Lipinski definition) is 5. The van der Waals surface area contributed by atoms with Gasteiger partial charge in [0.1, 0.15) is 0 Å². The average Bonchev–Trinajstić information content (AvgIpc) is 3.03. The van der Waals surface area contributed by atoms with E-state index in [1.165, 1.54) is 5.56 Å². The molecule has 1 aliphatic rings. The summed E-state index contributed by atoms with van der Waals surface area (Å²) in [5, 5.41) is 3.09. The van der Waals surface area contributed by atoms with Gasteiger partial charge in [-0.15, -0.1) is 11.3 Å². The monoisotopic (exact) mass is 301 g/mol. The molecule has 110 valence electrons. The Morgan fingerprint density at radius 2 is 1.90 bits per heavy atom. The average molecular weight is 301 g/mol. The lowest BCUT2D eigenvalue weighted by Gasteiger charge is -2.34. The van der Waals surface area contributed by atoms with Crippen LogP contribution >= 0.6 is 11.3 Å². The molecule has 0 amide bonds. The van der Waals surface area contributed by atoms with Gasteiger partial charge in [-0.3, -0.25) is 9.69 Å². The first-order valence-electron chi connectivity index (χ1n) is 7.19. The van der Waals surface area contributed by atoms with E-state index in [1.807, 2.05) is 42.8 Å². The van der Waals surface area contributed by atoms with Gasteiger partial charge in [0.25, 0.3) is 0 Å². The van der Waals surface area contributed by atoms with E-state index in [0.29, 0.717) is 6.54 Å². The van der Waals surface area contributed by atoms with Crippen molar-refractivity contribution in [2.75, 3.05) is 37.6 Å². The fourth-order valence-corrected chi connectivity index (χ4v) is 3.20. The zero-order valence-electron chi connectivity index (χ0n) is 12.2. The van der Waals surface area contributed by atoms with Gasteiger partial charge in [-0.2, -0.15) is 0 Å². The zero-order valence-corrected chi connectivity index (χ0v) is 13.0. The largest absolute Gasteiger partial charge is 0.346 e. The van der Waals surface area contributed by atoms with E-state index in [2.05, 4.69) is 14.8 Å². The standard InChI is InChI=1S/C16H19N3OS/c1-13-2-4-14(5-3-13)15(20)12-18-7-9-19(10-8-18)16-17-6-11-21-16/h2-6,11H,7-10,12H2,1H3. The Labute approximate surface area is 129 Å². The highest BCUT2D eigenvalue weighted by Crippen LogP contribution is 2.19. The van der Waals surface area contributed by atoms with Gasteiger partial charge in [0.05, 0.1) is 6.54 Å². The molecule has 0 unspecified atom stereocenters. The molecule has 1 aromatic heterocycles. The Hall–Kier alpha value is -1.72. The molecule has 0 aliphatic carbocycles. The van der Waals surface area contributed by atoms with E-state index in [1.54, 1.807) is 11.3 Å². The fourth-order valence-electron chi connectivity index (χ4n) is 2.50. The lowest BCUT2D eigenvalue weighted by molar-refractivity contribution is 0.0926. The van der Waals surface area contributed by atoms with Crippen molar-refractivity contribution in [2.24, 2.45) is 0 Å². The predicted molar refractivity (Wildman–Crippen MR) is 86.3 cm³/mol. The van der Waals surface area contributed by atoms with Gasteiger partial charge in [0.2, 0.25) is 0 Å². The molecular formula is C16H19N3OS. The Bertz CT molecular complexity index is 586. The summed E-state index contributed by atoms with van der Waals surface area (Å²) in [6.45, 7) is 6.25. The molecule has 3 rings (SSSR count). The van der Waals surface area contributed by atoms with Crippen molar-refractivity contribution in [3.8, 4) is 0 Å². The first-order valence-corrected chi connectivity index (χ1v) is 8.07. The summed E-state index contributed by atoms with van der Waals surface area (Å²) < 4.78 is 0. The second-order valence-corrected chi connectivity index (χ2v) is 6.24. The van der Waals surface area contributed by atoms with Crippen molar-refractivity contribution in [2.45, 2.75) is 6.92 Å². The fraction of sp³-hybridized carbons (Fsp3) is 0.375. The minimum absolute atomic E-state index is 0.206. The van der Waals surface area contributed by atoms with Gasteiger partial charge in [0, 0.05) is 43.3 Å². The van der Waals surface area contributed by atoms with Crippen molar-refractivity contribution in [1.82, 2.24) is 9.88 Å². The number of nitrogens with zero attached hydrogens (tertiary/aromatic N) is 3. The number of hydrogen-bond donors (Lipinski definition) is 0. The normalized spacial score (nSPS) is 16.1. The summed E-state index contributed by atoms with van der Waals surface area (Å²) in [7, 11) is 0. The van der Waals surface area contributed by atoms with E-state index >= 15 is 0 Å². The lowest BCUT2D eigenvalue weighted by atomic mass is 10.1. The maximum absolute atomic E-state index is 12.3. The van der Waals surface area contributed by atoms with Crippen molar-refractivity contribution >= 4 is 22.3 Å². The minimum Gasteiger partial charge on any atom is -0.346 e. The maximum atomic E-state index is 12.3. The number of rotatable bonds is 4. The molecule has 0 radical (unpaired) electrons. The Morgan fingerprint density at radius 3 is 2.52 bits per heavy atom. The molecule has 1 aromatic carbocycles. The van der Waals surface area contributed by atoms with Crippen LogP contribution in [0, 0.1) is 6.92 Å². The van der Waals surface area contributed by atoms with E-state index in [-0.39, 0.29) is 5.78 Å². The van der Waals surface area contributed by atoms with Gasteiger partial charge < -0.3 is 4.90 Å². The molecule has 0 spiro atoms. The third-order valence-electron chi connectivity index (χ3n) is 3.80. The number of aromatic nitrogens is 1. The number of piperazine rings is 1. The zero-order chi connectivity index (χ0) is 14.7. The Balaban J connectivity index is 1.53. The highest BCUT2D eigenvalue weighted by Gasteiger charge is 2.20. The van der Waals surface area contributed by atoms with Crippen LogP contribution in [-0.2, 0) is 0 Å². The molecule has 0 bridgehead atoms. The molecule has 1 aliphatic heterocycles. The van der Waals surface area contributed by atoms with Crippen LogP contribution in [0.15, 0.2) is 35.8 Å². The number of benzene rings is 1. The Morgan fingerprint density at radius 1 is 1.19 bits per heavy atom. The molecular weight excluding hydrogens is 282 g/mol. The molecule has 21 heavy (non-hydrogen) atoms. The van der Waals surface area contributed by atoms with Gasteiger partial charge in [-0.1, -0.05) is 29.8 Å². The van der Waals surface area contributed by atoms with Gasteiger partial charge in [-0.25, -0.2) is 4.98 Å². The topological polar surface area (TPSA) is 36.4 Å². The lowest BCUT2D eigenvalue weighted by Crippen LogP contribution is -2.48. The maximum Gasteiger partial charge on any atom is 0.185 e.